The summed E-state index contributed by atoms with van der Waals surface area (Å²) < 4.78 is 60.9. The number of alkyl halides is 3. The number of halogens is 3. The summed E-state index contributed by atoms with van der Waals surface area (Å²) in [6.07, 6.45) is 0. The van der Waals surface area contributed by atoms with Crippen LogP contribution in [0.5, 0.6) is 0 Å². The van der Waals surface area contributed by atoms with E-state index in [9.17, 15) is 21.6 Å². The molecule has 0 aromatic heterocycles. The first-order valence-corrected chi connectivity index (χ1v) is 5.65. The van der Waals surface area contributed by atoms with E-state index >= 15 is 0 Å². The zero-order valence-corrected chi connectivity index (χ0v) is 9.81. The van der Waals surface area contributed by atoms with Crippen LogP contribution in [-0.4, -0.2) is 13.9 Å². The van der Waals surface area contributed by atoms with Crippen LogP contribution in [-0.2, 0) is 20.9 Å². The second-order valence-corrected chi connectivity index (χ2v) is 4.70. The lowest BCUT2D eigenvalue weighted by atomic mass is 10.1. The molecule has 0 amide bonds. The van der Waals surface area contributed by atoms with Crippen molar-refractivity contribution >= 4 is 10.1 Å². The van der Waals surface area contributed by atoms with Gasteiger partial charge < -0.3 is 6.15 Å². The van der Waals surface area contributed by atoms with Gasteiger partial charge in [-0.25, -0.2) is 0 Å². The van der Waals surface area contributed by atoms with Gasteiger partial charge in [0.15, 0.2) is 0 Å². The topological polar surface area (TPSA) is 78.4 Å². The van der Waals surface area contributed by atoms with Crippen molar-refractivity contribution in [2.45, 2.75) is 19.0 Å². The fourth-order valence-electron chi connectivity index (χ4n) is 0.980. The van der Waals surface area contributed by atoms with Crippen LogP contribution in [0.3, 0.4) is 0 Å². The van der Waals surface area contributed by atoms with Crippen molar-refractivity contribution in [3.05, 3.63) is 35.4 Å². The molecule has 0 saturated heterocycles. The van der Waals surface area contributed by atoms with E-state index in [0.29, 0.717) is 11.1 Å². The number of aryl methyl sites for hydroxylation is 1. The van der Waals surface area contributed by atoms with Gasteiger partial charge in [-0.1, -0.05) is 24.3 Å². The summed E-state index contributed by atoms with van der Waals surface area (Å²) >= 11 is 0. The Balaban J connectivity index is 0.00000256. The first-order chi connectivity index (χ1) is 7.24. The molecule has 8 heteroatoms. The van der Waals surface area contributed by atoms with Gasteiger partial charge in [0.05, 0.1) is 6.61 Å². The quantitative estimate of drug-likeness (QED) is 0.676. The van der Waals surface area contributed by atoms with Crippen molar-refractivity contribution in [1.82, 2.24) is 6.15 Å². The van der Waals surface area contributed by atoms with Crippen LogP contribution in [0.15, 0.2) is 24.3 Å². The Labute approximate surface area is 97.1 Å². The van der Waals surface area contributed by atoms with E-state index in [1.807, 2.05) is 0 Å². The molecule has 0 aliphatic heterocycles. The van der Waals surface area contributed by atoms with Gasteiger partial charge in [0.1, 0.15) is 0 Å². The summed E-state index contributed by atoms with van der Waals surface area (Å²) in [5.74, 6) is 0. The predicted octanol–water partition coefficient (Wildman–Crippen LogP) is 2.52. The fourth-order valence-corrected chi connectivity index (χ4v) is 1.40. The van der Waals surface area contributed by atoms with Crippen LogP contribution in [0.2, 0.25) is 0 Å². The van der Waals surface area contributed by atoms with E-state index in [0.717, 1.165) is 0 Å². The van der Waals surface area contributed by atoms with E-state index in [1.165, 1.54) is 6.07 Å². The van der Waals surface area contributed by atoms with E-state index in [4.69, 9.17) is 0 Å². The molecule has 0 atom stereocenters. The lowest BCUT2D eigenvalue weighted by Crippen LogP contribution is -2.25. The second-order valence-electron chi connectivity index (χ2n) is 3.09. The minimum Gasteiger partial charge on any atom is -0.344 e. The molecule has 1 aromatic carbocycles. The van der Waals surface area contributed by atoms with Crippen LogP contribution in [0.1, 0.15) is 11.1 Å². The van der Waals surface area contributed by atoms with Gasteiger partial charge in [-0.15, -0.1) is 0 Å². The zero-order chi connectivity index (χ0) is 12.4. The van der Waals surface area contributed by atoms with Crippen molar-refractivity contribution in [2.75, 3.05) is 0 Å². The van der Waals surface area contributed by atoms with Gasteiger partial charge in [0.25, 0.3) is 0 Å². The summed E-state index contributed by atoms with van der Waals surface area (Å²) in [5, 5.41) is 0. The third-order valence-electron chi connectivity index (χ3n) is 1.91. The molecule has 17 heavy (non-hydrogen) atoms. The molecule has 98 valence electrons. The fraction of sp³-hybridized carbons (Fsp3) is 0.333. The Hall–Kier alpha value is -1.12. The zero-order valence-electron chi connectivity index (χ0n) is 8.99. The van der Waals surface area contributed by atoms with Gasteiger partial charge in [-0.3, -0.25) is 4.18 Å². The molecule has 0 saturated carbocycles. The maximum Gasteiger partial charge on any atom is 0.523 e. The minimum atomic E-state index is -5.51. The molecular formula is C9H12F3NO3S. The van der Waals surface area contributed by atoms with Gasteiger partial charge in [-0.2, -0.15) is 21.6 Å². The monoisotopic (exact) mass is 271 g/mol. The van der Waals surface area contributed by atoms with Gasteiger partial charge >= 0.3 is 15.6 Å². The summed E-state index contributed by atoms with van der Waals surface area (Å²) in [6.45, 7) is 1.04. The second kappa shape index (κ2) is 5.48. The van der Waals surface area contributed by atoms with Crippen molar-refractivity contribution in [3.8, 4) is 0 Å². The van der Waals surface area contributed by atoms with Gasteiger partial charge in [0, 0.05) is 0 Å². The highest BCUT2D eigenvalue weighted by Crippen LogP contribution is 2.25. The summed E-state index contributed by atoms with van der Waals surface area (Å²) in [7, 11) is -5.51. The Morgan fingerprint density at radius 3 is 2.24 bits per heavy atom. The number of benzene rings is 1. The molecule has 3 N–H and O–H groups in total. The lowest BCUT2D eigenvalue weighted by molar-refractivity contribution is -0.0548. The average molecular weight is 271 g/mol. The maximum absolute atomic E-state index is 11.9. The third-order valence-corrected chi connectivity index (χ3v) is 2.91. The van der Waals surface area contributed by atoms with E-state index in [-0.39, 0.29) is 6.15 Å². The minimum absolute atomic E-state index is 0. The highest BCUT2D eigenvalue weighted by Gasteiger charge is 2.47. The molecule has 0 spiro atoms. The molecule has 1 aromatic rings. The highest BCUT2D eigenvalue weighted by atomic mass is 32.2. The molecule has 0 aliphatic rings. The Kier molecular flexibility index (Phi) is 5.12. The average Bonchev–Trinajstić information content (AvgIpc) is 2.15. The van der Waals surface area contributed by atoms with Crippen molar-refractivity contribution in [3.63, 3.8) is 0 Å². The molecule has 0 heterocycles. The normalized spacial score (nSPS) is 12.0. The molecule has 1 rings (SSSR count). The third kappa shape index (κ3) is 3.99. The Bertz CT molecular complexity index is 471. The van der Waals surface area contributed by atoms with Gasteiger partial charge in [0.2, 0.25) is 0 Å². The predicted molar refractivity (Wildman–Crippen MR) is 56.0 cm³/mol. The van der Waals surface area contributed by atoms with E-state index in [1.54, 1.807) is 25.1 Å². The van der Waals surface area contributed by atoms with Crippen LogP contribution in [0.25, 0.3) is 0 Å². The van der Waals surface area contributed by atoms with Crippen molar-refractivity contribution < 1.29 is 25.8 Å². The number of rotatable bonds is 3. The highest BCUT2D eigenvalue weighted by molar-refractivity contribution is 7.87. The van der Waals surface area contributed by atoms with Crippen LogP contribution in [0, 0.1) is 6.92 Å². The van der Waals surface area contributed by atoms with Crippen molar-refractivity contribution in [2.24, 2.45) is 0 Å². The first kappa shape index (κ1) is 15.9. The number of hydrogen-bond acceptors (Lipinski definition) is 4. The summed E-state index contributed by atoms with van der Waals surface area (Å²) in [6, 6.07) is 6.43. The standard InChI is InChI=1S/C9H9F3O3S.H3N/c1-7-4-2-3-5-8(7)6-15-16(13,14)9(10,11)12;/h2-5H,6H2,1H3;1H3. The summed E-state index contributed by atoms with van der Waals surface area (Å²) in [5.41, 5.74) is -4.31. The van der Waals surface area contributed by atoms with Crippen molar-refractivity contribution in [1.29, 1.82) is 0 Å². The van der Waals surface area contributed by atoms with Gasteiger partial charge in [-0.05, 0) is 18.1 Å². The van der Waals surface area contributed by atoms with Crippen LogP contribution in [0.4, 0.5) is 13.2 Å². The Morgan fingerprint density at radius 2 is 1.76 bits per heavy atom. The Morgan fingerprint density at radius 1 is 1.24 bits per heavy atom. The first-order valence-electron chi connectivity index (χ1n) is 4.24. The molecular weight excluding hydrogens is 259 g/mol. The smallest absolute Gasteiger partial charge is 0.344 e. The molecule has 0 fully saturated rings. The van der Waals surface area contributed by atoms with Crippen LogP contribution >= 0.6 is 0 Å². The molecule has 0 aliphatic carbocycles. The van der Waals surface area contributed by atoms with E-state index < -0.39 is 22.2 Å². The van der Waals surface area contributed by atoms with Crippen LogP contribution < -0.4 is 6.15 Å². The summed E-state index contributed by atoms with van der Waals surface area (Å²) in [4.78, 5) is 0. The SMILES string of the molecule is Cc1ccccc1COS(=O)(=O)C(F)(F)F.N. The molecule has 0 unspecified atom stereocenters. The molecule has 0 bridgehead atoms. The lowest BCUT2D eigenvalue weighted by Gasteiger charge is -2.09. The maximum atomic E-state index is 11.9. The van der Waals surface area contributed by atoms with E-state index in [2.05, 4.69) is 4.18 Å². The molecule has 0 radical (unpaired) electrons. The number of hydrogen-bond donors (Lipinski definition) is 1. The largest absolute Gasteiger partial charge is 0.523 e. The molecule has 4 nitrogen and oxygen atoms in total.